The van der Waals surface area contributed by atoms with Crippen molar-refractivity contribution in [2.75, 3.05) is 0 Å². The van der Waals surface area contributed by atoms with E-state index in [2.05, 4.69) is 31.9 Å². The summed E-state index contributed by atoms with van der Waals surface area (Å²) in [5.74, 6) is -0.249. The zero-order valence-corrected chi connectivity index (χ0v) is 11.9. The van der Waals surface area contributed by atoms with E-state index < -0.39 is 12.6 Å². The molecule has 0 aliphatic heterocycles. The second-order valence-electron chi connectivity index (χ2n) is 3.12. The third kappa shape index (κ3) is 4.55. The maximum absolute atomic E-state index is 11.9. The van der Waals surface area contributed by atoms with E-state index in [0.717, 1.165) is 8.26 Å². The second kappa shape index (κ2) is 5.64. The Bertz CT molecular complexity index is 367. The van der Waals surface area contributed by atoms with Gasteiger partial charge in [-0.05, 0) is 44.3 Å². The summed E-state index contributed by atoms with van der Waals surface area (Å²) in [5, 5.41) is 0. The van der Waals surface area contributed by atoms with Crippen LogP contribution in [0.3, 0.4) is 0 Å². The van der Waals surface area contributed by atoms with Crippen molar-refractivity contribution in [2.24, 2.45) is 0 Å². The molecule has 0 radical (unpaired) electrons. The Morgan fingerprint density at radius 2 is 2.00 bits per heavy atom. The summed E-state index contributed by atoms with van der Waals surface area (Å²) in [5.41, 5.74) is 0. The number of halogens is 5. The van der Waals surface area contributed by atoms with Crippen molar-refractivity contribution < 1.29 is 18.0 Å². The van der Waals surface area contributed by atoms with Crippen LogP contribution in [0, 0.1) is 0 Å². The highest BCUT2D eigenvalue weighted by atomic mass is 79.9. The van der Waals surface area contributed by atoms with E-state index >= 15 is 0 Å². The number of ketones is 1. The number of hydrogen-bond acceptors (Lipinski definition) is 2. The van der Waals surface area contributed by atoms with E-state index in [1.54, 1.807) is 6.07 Å². The fraction of sp³-hybridized carbons (Fsp3) is 0.444. The van der Waals surface area contributed by atoms with Gasteiger partial charge in [-0.2, -0.15) is 13.2 Å². The SMILES string of the molecule is O=C(CCCC(F)(F)F)c1cc(Br)c(Br)s1. The first-order chi connectivity index (χ1) is 7.29. The minimum atomic E-state index is -4.18. The number of carbonyl (C=O) groups excluding carboxylic acids is 1. The van der Waals surface area contributed by atoms with Crippen molar-refractivity contribution in [3.8, 4) is 0 Å². The standard InChI is InChI=1S/C9H7Br2F3OS/c10-5-4-7(16-8(5)11)6(15)2-1-3-9(12,13)14/h4H,1-3H2. The van der Waals surface area contributed by atoms with Crippen LogP contribution in [0.15, 0.2) is 14.3 Å². The Hall–Kier alpha value is 0.120. The van der Waals surface area contributed by atoms with Crippen LogP contribution < -0.4 is 0 Å². The molecule has 1 aromatic rings. The van der Waals surface area contributed by atoms with E-state index in [1.807, 2.05) is 0 Å². The fourth-order valence-corrected chi connectivity index (χ4v) is 3.06. The predicted octanol–water partition coefficient (Wildman–Crippen LogP) is 5.19. The molecular formula is C9H7Br2F3OS. The highest BCUT2D eigenvalue weighted by Gasteiger charge is 2.26. The Morgan fingerprint density at radius 1 is 1.38 bits per heavy atom. The molecule has 0 amide bonds. The maximum atomic E-state index is 11.9. The molecule has 90 valence electrons. The van der Waals surface area contributed by atoms with Gasteiger partial charge in [0.1, 0.15) is 0 Å². The summed E-state index contributed by atoms with van der Waals surface area (Å²) in [6.07, 6.45) is -5.32. The molecule has 0 N–H and O–H groups in total. The van der Waals surface area contributed by atoms with Gasteiger partial charge in [0.05, 0.1) is 8.66 Å². The summed E-state index contributed by atoms with van der Waals surface area (Å²) in [7, 11) is 0. The summed E-state index contributed by atoms with van der Waals surface area (Å²) in [6.45, 7) is 0. The molecule has 0 fully saturated rings. The predicted molar refractivity (Wildman–Crippen MR) is 64.0 cm³/mol. The first-order valence-electron chi connectivity index (χ1n) is 4.34. The molecule has 0 aliphatic carbocycles. The molecule has 0 atom stereocenters. The number of carbonyl (C=O) groups is 1. The average molecular weight is 380 g/mol. The number of hydrogen-bond donors (Lipinski definition) is 0. The topological polar surface area (TPSA) is 17.1 Å². The molecule has 1 nitrogen and oxygen atoms in total. The fourth-order valence-electron chi connectivity index (χ4n) is 1.06. The van der Waals surface area contributed by atoms with Gasteiger partial charge in [0.15, 0.2) is 5.78 Å². The van der Waals surface area contributed by atoms with Crippen molar-refractivity contribution in [1.29, 1.82) is 0 Å². The number of Topliss-reactive ketones (excluding diaryl/α,β-unsaturated/α-hetero) is 1. The van der Waals surface area contributed by atoms with Crippen LogP contribution >= 0.6 is 43.2 Å². The van der Waals surface area contributed by atoms with E-state index in [-0.39, 0.29) is 18.6 Å². The molecule has 0 unspecified atom stereocenters. The van der Waals surface area contributed by atoms with Crippen LogP contribution in [0.1, 0.15) is 28.9 Å². The molecule has 7 heteroatoms. The van der Waals surface area contributed by atoms with Crippen molar-refractivity contribution >= 4 is 49.0 Å². The van der Waals surface area contributed by atoms with Crippen molar-refractivity contribution in [3.63, 3.8) is 0 Å². The summed E-state index contributed by atoms with van der Waals surface area (Å²) < 4.78 is 37.1. The smallest absolute Gasteiger partial charge is 0.293 e. The Kier molecular flexibility index (Phi) is 5.00. The highest BCUT2D eigenvalue weighted by Crippen LogP contribution is 2.33. The lowest BCUT2D eigenvalue weighted by atomic mass is 10.1. The average Bonchev–Trinajstić information content (AvgIpc) is 2.45. The third-order valence-corrected chi connectivity index (χ3v) is 5.08. The molecule has 16 heavy (non-hydrogen) atoms. The van der Waals surface area contributed by atoms with E-state index in [0.29, 0.717) is 4.88 Å². The third-order valence-electron chi connectivity index (χ3n) is 1.78. The number of alkyl halides is 3. The van der Waals surface area contributed by atoms with Gasteiger partial charge in [-0.25, -0.2) is 0 Å². The molecule has 1 rings (SSSR count). The summed E-state index contributed by atoms with van der Waals surface area (Å²) in [4.78, 5) is 12.0. The zero-order valence-electron chi connectivity index (χ0n) is 7.90. The lowest BCUT2D eigenvalue weighted by Crippen LogP contribution is -2.08. The lowest BCUT2D eigenvalue weighted by Gasteiger charge is -2.04. The van der Waals surface area contributed by atoms with Gasteiger partial charge in [0.2, 0.25) is 0 Å². The quantitative estimate of drug-likeness (QED) is 0.658. The first-order valence-corrected chi connectivity index (χ1v) is 6.74. The molecule has 0 bridgehead atoms. The Morgan fingerprint density at radius 3 is 2.44 bits per heavy atom. The van der Waals surface area contributed by atoms with Gasteiger partial charge >= 0.3 is 6.18 Å². The van der Waals surface area contributed by atoms with Crippen LogP contribution in [-0.2, 0) is 0 Å². The summed E-state index contributed by atoms with van der Waals surface area (Å²) >= 11 is 7.66. The zero-order chi connectivity index (χ0) is 12.3. The highest BCUT2D eigenvalue weighted by molar-refractivity contribution is 9.13. The molecule has 0 spiro atoms. The monoisotopic (exact) mass is 378 g/mol. The molecule has 1 aromatic heterocycles. The molecule has 0 saturated carbocycles. The minimum absolute atomic E-state index is 0.0705. The van der Waals surface area contributed by atoms with Gasteiger partial charge in [-0.15, -0.1) is 11.3 Å². The van der Waals surface area contributed by atoms with Crippen LogP contribution in [-0.4, -0.2) is 12.0 Å². The van der Waals surface area contributed by atoms with Crippen LogP contribution in [0.2, 0.25) is 0 Å². The molecule has 0 aromatic carbocycles. The van der Waals surface area contributed by atoms with E-state index in [4.69, 9.17) is 0 Å². The molecule has 1 heterocycles. The Balaban J connectivity index is 2.47. The van der Waals surface area contributed by atoms with Crippen molar-refractivity contribution in [3.05, 3.63) is 19.2 Å². The second-order valence-corrected chi connectivity index (χ2v) is 6.35. The Labute approximate surface area is 111 Å². The van der Waals surface area contributed by atoms with Gasteiger partial charge in [0.25, 0.3) is 0 Å². The van der Waals surface area contributed by atoms with E-state index in [9.17, 15) is 18.0 Å². The lowest BCUT2D eigenvalue weighted by molar-refractivity contribution is -0.135. The number of rotatable bonds is 4. The molecule has 0 saturated heterocycles. The van der Waals surface area contributed by atoms with Gasteiger partial charge < -0.3 is 0 Å². The van der Waals surface area contributed by atoms with Gasteiger partial charge in [-0.1, -0.05) is 0 Å². The van der Waals surface area contributed by atoms with Gasteiger partial charge in [0, 0.05) is 17.3 Å². The molecular weight excluding hydrogens is 373 g/mol. The van der Waals surface area contributed by atoms with Crippen LogP contribution in [0.25, 0.3) is 0 Å². The van der Waals surface area contributed by atoms with Gasteiger partial charge in [-0.3, -0.25) is 4.79 Å². The normalized spacial score (nSPS) is 11.8. The molecule has 0 aliphatic rings. The maximum Gasteiger partial charge on any atom is 0.389 e. The van der Waals surface area contributed by atoms with Crippen molar-refractivity contribution in [1.82, 2.24) is 0 Å². The first kappa shape index (κ1) is 14.2. The van der Waals surface area contributed by atoms with Crippen LogP contribution in [0.4, 0.5) is 13.2 Å². The largest absolute Gasteiger partial charge is 0.389 e. The van der Waals surface area contributed by atoms with Crippen molar-refractivity contribution in [2.45, 2.75) is 25.4 Å². The summed E-state index contributed by atoms with van der Waals surface area (Å²) in [6, 6.07) is 1.62. The number of thiophene rings is 1. The van der Waals surface area contributed by atoms with E-state index in [1.165, 1.54) is 11.3 Å². The van der Waals surface area contributed by atoms with Crippen LogP contribution in [0.5, 0.6) is 0 Å². The minimum Gasteiger partial charge on any atom is -0.293 e.